The standard InChI is InChI=1S/C14H17ClN2O2/c1-17-13(12(19-2)10-16-17)14(18,8-9-15)11-6-4-3-5-7-11/h3-7,10,18H,8-9H2,1-2H3. The number of methoxy groups -OCH3 is 1. The minimum absolute atomic E-state index is 0.333. The van der Waals surface area contributed by atoms with E-state index in [1.807, 2.05) is 30.3 Å². The molecule has 102 valence electrons. The largest absolute Gasteiger partial charge is 0.493 e. The Bertz CT molecular complexity index is 542. The lowest BCUT2D eigenvalue weighted by Gasteiger charge is -2.29. The van der Waals surface area contributed by atoms with Gasteiger partial charge in [0.05, 0.1) is 13.3 Å². The van der Waals surface area contributed by atoms with Gasteiger partial charge in [0.1, 0.15) is 11.3 Å². The minimum Gasteiger partial charge on any atom is -0.493 e. The molecule has 1 aromatic carbocycles. The van der Waals surface area contributed by atoms with Crippen LogP contribution in [0.1, 0.15) is 17.7 Å². The van der Waals surface area contributed by atoms with Crippen LogP contribution in [-0.2, 0) is 12.6 Å². The van der Waals surface area contributed by atoms with Crippen LogP contribution in [0, 0.1) is 0 Å². The van der Waals surface area contributed by atoms with E-state index in [2.05, 4.69) is 5.10 Å². The summed E-state index contributed by atoms with van der Waals surface area (Å²) in [7, 11) is 3.34. The summed E-state index contributed by atoms with van der Waals surface area (Å²) < 4.78 is 6.92. The maximum atomic E-state index is 11.1. The van der Waals surface area contributed by atoms with Crippen molar-refractivity contribution in [1.29, 1.82) is 0 Å². The third-order valence-corrected chi connectivity index (χ3v) is 3.41. The molecule has 1 aromatic heterocycles. The van der Waals surface area contributed by atoms with Crippen LogP contribution in [0.4, 0.5) is 0 Å². The summed E-state index contributed by atoms with van der Waals surface area (Å²) in [6.45, 7) is 0. The first-order chi connectivity index (χ1) is 9.13. The van der Waals surface area contributed by atoms with Gasteiger partial charge in [-0.05, 0) is 12.0 Å². The second kappa shape index (κ2) is 5.63. The molecule has 0 saturated carbocycles. The first-order valence-corrected chi connectivity index (χ1v) is 6.57. The molecule has 2 aromatic rings. The second-order valence-corrected chi connectivity index (χ2v) is 4.73. The predicted octanol–water partition coefficient (Wildman–Crippen LogP) is 2.29. The average Bonchev–Trinajstić information content (AvgIpc) is 2.81. The first kappa shape index (κ1) is 13.9. The van der Waals surface area contributed by atoms with Crippen LogP contribution in [0.2, 0.25) is 0 Å². The Morgan fingerprint density at radius 3 is 2.63 bits per heavy atom. The first-order valence-electron chi connectivity index (χ1n) is 6.04. The molecule has 1 N–H and O–H groups in total. The maximum absolute atomic E-state index is 11.1. The monoisotopic (exact) mass is 280 g/mol. The Labute approximate surface area is 117 Å². The van der Waals surface area contributed by atoms with E-state index >= 15 is 0 Å². The molecule has 1 unspecified atom stereocenters. The smallest absolute Gasteiger partial charge is 0.163 e. The zero-order chi connectivity index (χ0) is 13.9. The van der Waals surface area contributed by atoms with E-state index in [0.29, 0.717) is 23.7 Å². The molecule has 0 saturated heterocycles. The number of hydrogen-bond acceptors (Lipinski definition) is 3. The highest BCUT2D eigenvalue weighted by Crippen LogP contribution is 2.38. The van der Waals surface area contributed by atoms with Crippen molar-refractivity contribution in [1.82, 2.24) is 9.78 Å². The number of halogens is 1. The number of ether oxygens (including phenoxy) is 1. The van der Waals surface area contributed by atoms with Gasteiger partial charge in [-0.25, -0.2) is 0 Å². The molecule has 0 aliphatic carbocycles. The Hall–Kier alpha value is -1.52. The van der Waals surface area contributed by atoms with E-state index in [9.17, 15) is 5.11 Å². The van der Waals surface area contributed by atoms with Gasteiger partial charge in [-0.1, -0.05) is 30.3 Å². The summed E-state index contributed by atoms with van der Waals surface area (Å²) >= 11 is 5.87. The Morgan fingerprint density at radius 2 is 2.05 bits per heavy atom. The topological polar surface area (TPSA) is 47.3 Å². The Balaban J connectivity index is 2.59. The minimum atomic E-state index is -1.21. The molecule has 0 radical (unpaired) electrons. The molecular weight excluding hydrogens is 264 g/mol. The molecule has 0 aliphatic heterocycles. The van der Waals surface area contributed by atoms with Crippen molar-refractivity contribution in [3.8, 4) is 5.75 Å². The van der Waals surface area contributed by atoms with Crippen molar-refractivity contribution in [3.63, 3.8) is 0 Å². The molecule has 19 heavy (non-hydrogen) atoms. The number of aliphatic hydroxyl groups is 1. The van der Waals surface area contributed by atoms with Gasteiger partial charge in [0.15, 0.2) is 5.75 Å². The van der Waals surface area contributed by atoms with Gasteiger partial charge >= 0.3 is 0 Å². The fourth-order valence-corrected chi connectivity index (χ4v) is 2.56. The molecule has 0 bridgehead atoms. The van der Waals surface area contributed by atoms with Gasteiger partial charge in [-0.15, -0.1) is 11.6 Å². The number of aromatic nitrogens is 2. The fraction of sp³-hybridized carbons (Fsp3) is 0.357. The van der Waals surface area contributed by atoms with E-state index in [1.54, 1.807) is 25.0 Å². The second-order valence-electron chi connectivity index (χ2n) is 4.35. The SMILES string of the molecule is COc1cnn(C)c1C(O)(CCCl)c1ccccc1. The van der Waals surface area contributed by atoms with E-state index < -0.39 is 5.60 Å². The predicted molar refractivity (Wildman–Crippen MR) is 74.5 cm³/mol. The number of nitrogens with zero attached hydrogens (tertiary/aromatic N) is 2. The summed E-state index contributed by atoms with van der Waals surface area (Å²) in [5, 5.41) is 15.3. The molecular formula is C14H17ClN2O2. The molecule has 0 amide bonds. The molecule has 4 nitrogen and oxygen atoms in total. The average molecular weight is 281 g/mol. The van der Waals surface area contributed by atoms with Gasteiger partial charge in [0.25, 0.3) is 0 Å². The van der Waals surface area contributed by atoms with Crippen LogP contribution < -0.4 is 4.74 Å². The van der Waals surface area contributed by atoms with E-state index in [0.717, 1.165) is 5.56 Å². The number of rotatable bonds is 5. The van der Waals surface area contributed by atoms with E-state index in [1.165, 1.54) is 0 Å². The van der Waals surface area contributed by atoms with Crippen molar-refractivity contribution < 1.29 is 9.84 Å². The van der Waals surface area contributed by atoms with Gasteiger partial charge in [-0.2, -0.15) is 5.10 Å². The molecule has 0 aliphatic rings. The van der Waals surface area contributed by atoms with Crippen molar-refractivity contribution in [2.75, 3.05) is 13.0 Å². The van der Waals surface area contributed by atoms with Crippen LogP contribution in [0.15, 0.2) is 36.5 Å². The summed E-state index contributed by atoms with van der Waals surface area (Å²) in [5.41, 5.74) is 0.180. The van der Waals surface area contributed by atoms with Crippen molar-refractivity contribution in [2.24, 2.45) is 7.05 Å². The molecule has 1 atom stereocenters. The number of hydrogen-bond donors (Lipinski definition) is 1. The lowest BCUT2D eigenvalue weighted by atomic mass is 9.87. The third kappa shape index (κ3) is 2.46. The highest BCUT2D eigenvalue weighted by molar-refractivity contribution is 6.17. The van der Waals surface area contributed by atoms with E-state index in [-0.39, 0.29) is 0 Å². The van der Waals surface area contributed by atoms with Gasteiger partial charge < -0.3 is 9.84 Å². The number of benzene rings is 1. The molecule has 5 heteroatoms. The highest BCUT2D eigenvalue weighted by atomic mass is 35.5. The molecule has 2 rings (SSSR count). The van der Waals surface area contributed by atoms with Crippen molar-refractivity contribution in [3.05, 3.63) is 47.8 Å². The zero-order valence-corrected chi connectivity index (χ0v) is 11.8. The van der Waals surface area contributed by atoms with Gasteiger partial charge in [0, 0.05) is 12.9 Å². The van der Waals surface area contributed by atoms with E-state index in [4.69, 9.17) is 16.3 Å². The number of alkyl halides is 1. The quantitative estimate of drug-likeness (QED) is 0.855. The van der Waals surface area contributed by atoms with Crippen LogP contribution in [0.3, 0.4) is 0 Å². The fourth-order valence-electron chi connectivity index (χ4n) is 2.29. The zero-order valence-electron chi connectivity index (χ0n) is 11.0. The maximum Gasteiger partial charge on any atom is 0.163 e. The van der Waals surface area contributed by atoms with Crippen LogP contribution in [-0.4, -0.2) is 27.9 Å². The van der Waals surface area contributed by atoms with Gasteiger partial charge in [0.2, 0.25) is 0 Å². The molecule has 0 spiro atoms. The molecule has 1 heterocycles. The van der Waals surface area contributed by atoms with Crippen LogP contribution >= 0.6 is 11.6 Å². The van der Waals surface area contributed by atoms with Crippen LogP contribution in [0.25, 0.3) is 0 Å². The third-order valence-electron chi connectivity index (χ3n) is 3.22. The lowest BCUT2D eigenvalue weighted by molar-refractivity contribution is 0.0658. The van der Waals surface area contributed by atoms with Gasteiger partial charge in [-0.3, -0.25) is 4.68 Å². The summed E-state index contributed by atoms with van der Waals surface area (Å²) in [4.78, 5) is 0. The Morgan fingerprint density at radius 1 is 1.37 bits per heavy atom. The van der Waals surface area contributed by atoms with Crippen molar-refractivity contribution >= 4 is 11.6 Å². The van der Waals surface area contributed by atoms with Crippen molar-refractivity contribution in [2.45, 2.75) is 12.0 Å². The lowest BCUT2D eigenvalue weighted by Crippen LogP contribution is -2.31. The molecule has 0 fully saturated rings. The number of aryl methyl sites for hydroxylation is 1. The highest BCUT2D eigenvalue weighted by Gasteiger charge is 2.37. The Kier molecular flexibility index (Phi) is 4.12. The normalized spacial score (nSPS) is 14.1. The van der Waals surface area contributed by atoms with Crippen LogP contribution in [0.5, 0.6) is 5.75 Å². The summed E-state index contributed by atoms with van der Waals surface area (Å²) in [5.74, 6) is 0.888. The summed E-state index contributed by atoms with van der Waals surface area (Å²) in [6.07, 6.45) is 1.98. The summed E-state index contributed by atoms with van der Waals surface area (Å²) in [6, 6.07) is 9.43.